The van der Waals surface area contributed by atoms with Crippen LogP contribution in [-0.2, 0) is 4.79 Å². The van der Waals surface area contributed by atoms with E-state index in [0.29, 0.717) is 6.54 Å². The molecular weight excluding hydrogens is 200 g/mol. The molecule has 0 aliphatic carbocycles. The monoisotopic (exact) mass is 220 g/mol. The molecule has 3 heteroatoms. The standard InChI is InChI=1S/C13H20N2O/c1-5-14(3)10-13(16)15(4)12-8-6-11(2)7-9-12/h6-9H,5,10H2,1-4H3. The molecule has 0 N–H and O–H groups in total. The Labute approximate surface area is 97.7 Å². The number of aryl methyl sites for hydroxylation is 1. The van der Waals surface area contributed by atoms with Crippen LogP contribution < -0.4 is 4.90 Å². The summed E-state index contributed by atoms with van der Waals surface area (Å²) in [4.78, 5) is 15.6. The van der Waals surface area contributed by atoms with E-state index in [-0.39, 0.29) is 5.91 Å². The predicted octanol–water partition coefficient (Wildman–Crippen LogP) is 1.91. The summed E-state index contributed by atoms with van der Waals surface area (Å²) in [7, 11) is 3.76. The maximum Gasteiger partial charge on any atom is 0.240 e. The van der Waals surface area contributed by atoms with Crippen molar-refractivity contribution in [3.8, 4) is 0 Å². The molecule has 0 bridgehead atoms. The van der Waals surface area contributed by atoms with Gasteiger partial charge in [-0.25, -0.2) is 0 Å². The second-order valence-corrected chi connectivity index (χ2v) is 4.12. The lowest BCUT2D eigenvalue weighted by Crippen LogP contribution is -2.36. The summed E-state index contributed by atoms with van der Waals surface area (Å²) in [6.07, 6.45) is 0. The third kappa shape index (κ3) is 3.35. The van der Waals surface area contributed by atoms with Gasteiger partial charge in [-0.2, -0.15) is 0 Å². The molecule has 1 aromatic rings. The van der Waals surface area contributed by atoms with Gasteiger partial charge in [-0.05, 0) is 32.6 Å². The molecule has 1 aromatic carbocycles. The predicted molar refractivity (Wildman–Crippen MR) is 67.8 cm³/mol. The molecule has 0 aliphatic heterocycles. The van der Waals surface area contributed by atoms with E-state index in [1.54, 1.807) is 4.90 Å². The third-order valence-corrected chi connectivity index (χ3v) is 2.74. The molecule has 3 nitrogen and oxygen atoms in total. The first kappa shape index (κ1) is 12.7. The molecule has 0 heterocycles. The first-order chi connectivity index (χ1) is 7.54. The van der Waals surface area contributed by atoms with Crippen LogP contribution in [0.4, 0.5) is 5.69 Å². The number of hydrogen-bond donors (Lipinski definition) is 0. The van der Waals surface area contributed by atoms with Crippen LogP contribution in [0, 0.1) is 6.92 Å². The van der Waals surface area contributed by atoms with Gasteiger partial charge >= 0.3 is 0 Å². The molecule has 0 aromatic heterocycles. The van der Waals surface area contributed by atoms with Crippen molar-refractivity contribution in [2.45, 2.75) is 13.8 Å². The van der Waals surface area contributed by atoms with Crippen LogP contribution in [0.2, 0.25) is 0 Å². The third-order valence-electron chi connectivity index (χ3n) is 2.74. The summed E-state index contributed by atoms with van der Waals surface area (Å²) in [5.41, 5.74) is 2.15. The Bertz CT molecular complexity index is 345. The maximum absolute atomic E-state index is 11.9. The van der Waals surface area contributed by atoms with Crippen molar-refractivity contribution in [2.24, 2.45) is 0 Å². The van der Waals surface area contributed by atoms with Gasteiger partial charge in [-0.15, -0.1) is 0 Å². The lowest BCUT2D eigenvalue weighted by molar-refractivity contribution is -0.119. The first-order valence-electron chi connectivity index (χ1n) is 5.56. The fourth-order valence-corrected chi connectivity index (χ4v) is 1.36. The molecule has 1 rings (SSSR count). The first-order valence-corrected chi connectivity index (χ1v) is 5.56. The number of likely N-dealkylation sites (N-methyl/N-ethyl adjacent to an activating group) is 2. The van der Waals surface area contributed by atoms with E-state index >= 15 is 0 Å². The molecule has 0 saturated carbocycles. The van der Waals surface area contributed by atoms with Crippen molar-refractivity contribution < 1.29 is 4.79 Å². The quantitative estimate of drug-likeness (QED) is 0.774. The Hall–Kier alpha value is -1.35. The summed E-state index contributed by atoms with van der Waals surface area (Å²) < 4.78 is 0. The minimum Gasteiger partial charge on any atom is -0.314 e. The minimum absolute atomic E-state index is 0.119. The van der Waals surface area contributed by atoms with Gasteiger partial charge in [0.05, 0.1) is 6.54 Å². The van der Waals surface area contributed by atoms with E-state index < -0.39 is 0 Å². The Kier molecular flexibility index (Phi) is 4.50. The van der Waals surface area contributed by atoms with Crippen molar-refractivity contribution in [3.05, 3.63) is 29.8 Å². The lowest BCUT2D eigenvalue weighted by Gasteiger charge is -2.21. The summed E-state index contributed by atoms with van der Waals surface area (Å²) in [5.74, 6) is 0.119. The molecule has 0 atom stereocenters. The highest BCUT2D eigenvalue weighted by molar-refractivity contribution is 5.94. The average Bonchev–Trinajstić information content (AvgIpc) is 2.28. The van der Waals surface area contributed by atoms with Crippen molar-refractivity contribution in [3.63, 3.8) is 0 Å². The Morgan fingerprint density at radius 2 is 1.75 bits per heavy atom. The van der Waals surface area contributed by atoms with Gasteiger partial charge in [-0.1, -0.05) is 24.6 Å². The van der Waals surface area contributed by atoms with Crippen LogP contribution in [-0.4, -0.2) is 38.0 Å². The van der Waals surface area contributed by atoms with Crippen LogP contribution >= 0.6 is 0 Å². The van der Waals surface area contributed by atoms with E-state index in [0.717, 1.165) is 12.2 Å². The maximum atomic E-state index is 11.9. The van der Waals surface area contributed by atoms with E-state index in [1.165, 1.54) is 5.56 Å². The summed E-state index contributed by atoms with van der Waals surface area (Å²) in [6.45, 7) is 5.42. The zero-order chi connectivity index (χ0) is 12.1. The lowest BCUT2D eigenvalue weighted by atomic mass is 10.2. The molecule has 1 amide bonds. The second kappa shape index (κ2) is 5.66. The summed E-state index contributed by atoms with van der Waals surface area (Å²) in [6, 6.07) is 7.98. The van der Waals surface area contributed by atoms with Crippen LogP contribution in [0.25, 0.3) is 0 Å². The van der Waals surface area contributed by atoms with Gasteiger partial charge in [0.1, 0.15) is 0 Å². The van der Waals surface area contributed by atoms with Gasteiger partial charge in [0.2, 0.25) is 5.91 Å². The molecule has 0 saturated heterocycles. The Morgan fingerprint density at radius 3 is 2.25 bits per heavy atom. The number of carbonyl (C=O) groups is 1. The number of rotatable bonds is 4. The van der Waals surface area contributed by atoms with E-state index in [9.17, 15) is 4.79 Å². The van der Waals surface area contributed by atoms with Crippen LogP contribution in [0.5, 0.6) is 0 Å². The topological polar surface area (TPSA) is 23.6 Å². The fraction of sp³-hybridized carbons (Fsp3) is 0.462. The smallest absolute Gasteiger partial charge is 0.240 e. The molecule has 0 radical (unpaired) electrons. The molecule has 88 valence electrons. The fourth-order valence-electron chi connectivity index (χ4n) is 1.36. The van der Waals surface area contributed by atoms with E-state index in [2.05, 4.69) is 0 Å². The largest absolute Gasteiger partial charge is 0.314 e. The highest BCUT2D eigenvalue weighted by Crippen LogP contribution is 2.13. The second-order valence-electron chi connectivity index (χ2n) is 4.12. The molecule has 0 spiro atoms. The van der Waals surface area contributed by atoms with Crippen molar-refractivity contribution in [1.82, 2.24) is 4.90 Å². The zero-order valence-corrected chi connectivity index (χ0v) is 10.5. The highest BCUT2D eigenvalue weighted by atomic mass is 16.2. The van der Waals surface area contributed by atoms with Crippen molar-refractivity contribution in [2.75, 3.05) is 32.1 Å². The van der Waals surface area contributed by atoms with Gasteiger partial charge in [0.15, 0.2) is 0 Å². The molecule has 0 unspecified atom stereocenters. The number of anilines is 1. The van der Waals surface area contributed by atoms with Gasteiger partial charge in [0.25, 0.3) is 0 Å². The van der Waals surface area contributed by atoms with Crippen LogP contribution in [0.15, 0.2) is 24.3 Å². The van der Waals surface area contributed by atoms with Crippen molar-refractivity contribution >= 4 is 11.6 Å². The Morgan fingerprint density at radius 1 is 1.19 bits per heavy atom. The van der Waals surface area contributed by atoms with Gasteiger partial charge in [0, 0.05) is 12.7 Å². The van der Waals surface area contributed by atoms with Gasteiger partial charge in [-0.3, -0.25) is 9.69 Å². The number of nitrogens with zero attached hydrogens (tertiary/aromatic N) is 2. The van der Waals surface area contributed by atoms with Crippen LogP contribution in [0.1, 0.15) is 12.5 Å². The van der Waals surface area contributed by atoms with Crippen LogP contribution in [0.3, 0.4) is 0 Å². The summed E-state index contributed by atoms with van der Waals surface area (Å²) in [5, 5.41) is 0. The van der Waals surface area contributed by atoms with E-state index in [4.69, 9.17) is 0 Å². The SMILES string of the molecule is CCN(C)CC(=O)N(C)c1ccc(C)cc1. The molecule has 0 aliphatic rings. The Balaban J connectivity index is 2.66. The number of carbonyl (C=O) groups excluding carboxylic acids is 1. The molecular formula is C13H20N2O. The number of amides is 1. The van der Waals surface area contributed by atoms with Gasteiger partial charge < -0.3 is 4.90 Å². The normalized spacial score (nSPS) is 10.6. The number of hydrogen-bond acceptors (Lipinski definition) is 2. The number of benzene rings is 1. The van der Waals surface area contributed by atoms with Crippen molar-refractivity contribution in [1.29, 1.82) is 0 Å². The van der Waals surface area contributed by atoms with E-state index in [1.807, 2.05) is 57.1 Å². The average molecular weight is 220 g/mol. The zero-order valence-electron chi connectivity index (χ0n) is 10.5. The molecule has 0 fully saturated rings. The minimum atomic E-state index is 0.119. The summed E-state index contributed by atoms with van der Waals surface area (Å²) >= 11 is 0. The highest BCUT2D eigenvalue weighted by Gasteiger charge is 2.11. The molecule has 16 heavy (non-hydrogen) atoms.